The van der Waals surface area contributed by atoms with Crippen molar-refractivity contribution < 1.29 is 4.80 Å². The molecule has 1 nitrogen and oxygen atoms in total. The molecule has 0 aromatic heterocycles. The van der Waals surface area contributed by atoms with Crippen LogP contribution >= 0.6 is 22.2 Å². The molecule has 11 heavy (non-hydrogen) atoms. The quantitative estimate of drug-likeness (QED) is 0.548. The first kappa shape index (κ1) is 9.07. The van der Waals surface area contributed by atoms with Crippen LogP contribution in [0.25, 0.3) is 0 Å². The van der Waals surface area contributed by atoms with E-state index in [1.165, 1.54) is 0 Å². The molecule has 4 heteroatoms. The minimum atomic E-state index is -3.11. The number of rotatable bonds is 1. The average Bonchev–Trinajstić information content (AvgIpc) is 1.86. The maximum Gasteiger partial charge on any atom is 0.420 e. The van der Waals surface area contributed by atoms with Crippen LogP contribution in [0.15, 0.2) is 24.3 Å². The Morgan fingerprint density at radius 2 is 1.64 bits per heavy atom. The summed E-state index contributed by atoms with van der Waals surface area (Å²) in [5, 5.41) is 0.631. The van der Waals surface area contributed by atoms with Gasteiger partial charge in [-0.1, -0.05) is 29.8 Å². The summed E-state index contributed by atoms with van der Waals surface area (Å²) in [7, 11) is 0. The maximum absolute atomic E-state index is 9.25. The van der Waals surface area contributed by atoms with Gasteiger partial charge in [-0.3, -0.25) is 0 Å². The van der Waals surface area contributed by atoms with E-state index in [0.717, 1.165) is 5.56 Å². The molecule has 0 amide bonds. The molecular formula is C7H8Cl2OSi. The zero-order chi connectivity index (χ0) is 8.48. The van der Waals surface area contributed by atoms with E-state index < -0.39 is 6.94 Å². The van der Waals surface area contributed by atoms with Gasteiger partial charge in [-0.2, -0.15) is 0 Å². The Kier molecular flexibility index (Phi) is 2.60. The Morgan fingerprint density at radius 3 is 2.00 bits per heavy atom. The van der Waals surface area contributed by atoms with Crippen LogP contribution in [0.4, 0.5) is 0 Å². The normalized spacial score (nSPS) is 11.6. The third-order valence-corrected chi connectivity index (χ3v) is 3.74. The van der Waals surface area contributed by atoms with Crippen molar-refractivity contribution in [3.05, 3.63) is 29.8 Å². The van der Waals surface area contributed by atoms with Crippen molar-refractivity contribution in [3.8, 4) is 0 Å². The standard InChI is InChI=1S/C7H8Cl2OSi/c1-6-2-4-7(5-3-6)11(8,9)10/h2-5,10H,1H3. The lowest BCUT2D eigenvalue weighted by atomic mass is 10.2. The summed E-state index contributed by atoms with van der Waals surface area (Å²) in [5.74, 6) is 0. The molecule has 1 rings (SSSR count). The monoisotopic (exact) mass is 206 g/mol. The van der Waals surface area contributed by atoms with Gasteiger partial charge in [0.25, 0.3) is 0 Å². The summed E-state index contributed by atoms with van der Waals surface area (Å²) < 4.78 is 0. The highest BCUT2D eigenvalue weighted by molar-refractivity contribution is 7.47. The number of benzene rings is 1. The van der Waals surface area contributed by atoms with Gasteiger partial charge in [0, 0.05) is 0 Å². The largest absolute Gasteiger partial charge is 0.420 e. The minimum Gasteiger partial charge on any atom is -0.405 e. The molecule has 0 radical (unpaired) electrons. The number of hydrogen-bond acceptors (Lipinski definition) is 1. The lowest BCUT2D eigenvalue weighted by molar-refractivity contribution is 0.598. The van der Waals surface area contributed by atoms with Gasteiger partial charge in [0.2, 0.25) is 0 Å². The molecular weight excluding hydrogens is 199 g/mol. The van der Waals surface area contributed by atoms with Crippen LogP contribution in [0.2, 0.25) is 0 Å². The molecule has 1 N–H and O–H groups in total. The van der Waals surface area contributed by atoms with Crippen molar-refractivity contribution in [2.24, 2.45) is 0 Å². The molecule has 1 aromatic carbocycles. The summed E-state index contributed by atoms with van der Waals surface area (Å²) in [4.78, 5) is 9.25. The van der Waals surface area contributed by atoms with Crippen LogP contribution in [0.5, 0.6) is 0 Å². The van der Waals surface area contributed by atoms with E-state index in [0.29, 0.717) is 5.19 Å². The van der Waals surface area contributed by atoms with Gasteiger partial charge in [-0.15, -0.1) is 22.2 Å². The van der Waals surface area contributed by atoms with Gasteiger partial charge in [0.05, 0.1) is 0 Å². The molecule has 0 saturated heterocycles. The van der Waals surface area contributed by atoms with E-state index in [1.54, 1.807) is 12.1 Å². The van der Waals surface area contributed by atoms with Crippen molar-refractivity contribution >= 4 is 34.3 Å². The molecule has 0 heterocycles. The predicted molar refractivity (Wildman–Crippen MR) is 50.5 cm³/mol. The molecule has 0 atom stereocenters. The summed E-state index contributed by atoms with van der Waals surface area (Å²) >= 11 is 11.1. The topological polar surface area (TPSA) is 20.2 Å². The smallest absolute Gasteiger partial charge is 0.405 e. The Labute approximate surface area is 76.1 Å². The van der Waals surface area contributed by atoms with Crippen LogP contribution in [0.3, 0.4) is 0 Å². The predicted octanol–water partition coefficient (Wildman–Crippen LogP) is 1.61. The summed E-state index contributed by atoms with van der Waals surface area (Å²) in [6, 6.07) is 7.25. The molecule has 0 aliphatic heterocycles. The van der Waals surface area contributed by atoms with E-state index in [9.17, 15) is 4.80 Å². The van der Waals surface area contributed by atoms with Crippen LogP contribution in [0.1, 0.15) is 5.56 Å². The summed E-state index contributed by atoms with van der Waals surface area (Å²) in [6.45, 7) is -1.15. The van der Waals surface area contributed by atoms with Gasteiger partial charge in [-0.05, 0) is 12.1 Å². The van der Waals surface area contributed by atoms with Crippen molar-refractivity contribution in [1.82, 2.24) is 0 Å². The molecule has 0 spiro atoms. The number of halogens is 2. The molecule has 1 aromatic rings. The van der Waals surface area contributed by atoms with Crippen LogP contribution in [-0.4, -0.2) is 11.7 Å². The van der Waals surface area contributed by atoms with E-state index in [-0.39, 0.29) is 0 Å². The second-order valence-corrected chi connectivity index (χ2v) is 7.93. The molecule has 0 unspecified atom stereocenters. The van der Waals surface area contributed by atoms with Gasteiger partial charge in [-0.25, -0.2) is 0 Å². The summed E-state index contributed by atoms with van der Waals surface area (Å²) in [6.07, 6.45) is 0. The summed E-state index contributed by atoms with van der Waals surface area (Å²) in [5.41, 5.74) is 1.13. The first-order valence-electron chi connectivity index (χ1n) is 3.17. The van der Waals surface area contributed by atoms with E-state index in [2.05, 4.69) is 0 Å². The van der Waals surface area contributed by atoms with Crippen molar-refractivity contribution in [1.29, 1.82) is 0 Å². The number of hydrogen-bond donors (Lipinski definition) is 1. The highest BCUT2D eigenvalue weighted by Crippen LogP contribution is 2.10. The molecule has 60 valence electrons. The Hall–Kier alpha value is -0.0231. The zero-order valence-corrected chi connectivity index (χ0v) is 8.52. The molecule has 0 bridgehead atoms. The zero-order valence-electron chi connectivity index (χ0n) is 6.01. The maximum atomic E-state index is 9.25. The van der Waals surface area contributed by atoms with Gasteiger partial charge in [0.15, 0.2) is 0 Å². The third-order valence-electron chi connectivity index (χ3n) is 1.40. The third kappa shape index (κ3) is 2.49. The van der Waals surface area contributed by atoms with Crippen molar-refractivity contribution in [2.45, 2.75) is 6.92 Å². The Balaban J connectivity index is 2.99. The molecule has 0 aliphatic rings. The van der Waals surface area contributed by atoms with Gasteiger partial charge in [0.1, 0.15) is 0 Å². The SMILES string of the molecule is Cc1ccc([Si](O)(Cl)Cl)cc1. The van der Waals surface area contributed by atoms with E-state index in [4.69, 9.17) is 22.2 Å². The van der Waals surface area contributed by atoms with Crippen LogP contribution in [-0.2, 0) is 0 Å². The van der Waals surface area contributed by atoms with Crippen LogP contribution in [0, 0.1) is 6.92 Å². The van der Waals surface area contributed by atoms with E-state index >= 15 is 0 Å². The average molecular weight is 207 g/mol. The highest BCUT2D eigenvalue weighted by Gasteiger charge is 2.27. The Morgan fingerprint density at radius 1 is 1.18 bits per heavy atom. The minimum absolute atomic E-state index is 0.631. The highest BCUT2D eigenvalue weighted by atomic mass is 35.7. The van der Waals surface area contributed by atoms with E-state index in [1.807, 2.05) is 19.1 Å². The molecule has 0 aliphatic carbocycles. The first-order chi connectivity index (χ1) is 5.00. The van der Waals surface area contributed by atoms with Gasteiger partial charge >= 0.3 is 6.94 Å². The first-order valence-corrected chi connectivity index (χ1v) is 7.14. The van der Waals surface area contributed by atoms with Gasteiger partial charge < -0.3 is 4.80 Å². The molecule has 0 fully saturated rings. The molecule has 0 saturated carbocycles. The lowest BCUT2D eigenvalue weighted by Gasteiger charge is -2.07. The fourth-order valence-corrected chi connectivity index (χ4v) is 2.08. The lowest BCUT2D eigenvalue weighted by Crippen LogP contribution is -2.36. The Bertz CT molecular complexity index is 240. The second-order valence-electron chi connectivity index (χ2n) is 2.41. The van der Waals surface area contributed by atoms with Crippen molar-refractivity contribution in [3.63, 3.8) is 0 Å². The fourth-order valence-electron chi connectivity index (χ4n) is 0.754. The van der Waals surface area contributed by atoms with Crippen molar-refractivity contribution in [2.75, 3.05) is 0 Å². The van der Waals surface area contributed by atoms with Crippen LogP contribution < -0.4 is 5.19 Å². The fraction of sp³-hybridized carbons (Fsp3) is 0.143. The second kappa shape index (κ2) is 3.15. The number of aryl methyl sites for hydroxylation is 1.